The molecule has 1 aromatic rings. The maximum absolute atomic E-state index is 13.4. The lowest BCUT2D eigenvalue weighted by molar-refractivity contribution is -0.138. The van der Waals surface area contributed by atoms with Crippen molar-refractivity contribution in [3.05, 3.63) is 35.1 Å². The molecule has 0 unspecified atom stereocenters. The summed E-state index contributed by atoms with van der Waals surface area (Å²) in [7, 11) is 0. The first kappa shape index (κ1) is 14.5. The Kier molecular flexibility index (Phi) is 5.15. The molecule has 0 spiro atoms. The van der Waals surface area contributed by atoms with Gasteiger partial charge in [0, 0.05) is 18.2 Å². The Morgan fingerprint density at radius 3 is 2.39 bits per heavy atom. The summed E-state index contributed by atoms with van der Waals surface area (Å²) in [6.07, 6.45) is 0.679. The van der Waals surface area contributed by atoms with E-state index in [-0.39, 0.29) is 18.7 Å². The topological polar surface area (TPSA) is 40.5 Å². The SMILES string of the molecule is CCCN(CC(=O)O)Cc1cc(F)c(F)cc1F. The van der Waals surface area contributed by atoms with Crippen molar-refractivity contribution < 1.29 is 23.1 Å². The molecular formula is C12H14F3NO2. The van der Waals surface area contributed by atoms with Crippen LogP contribution < -0.4 is 0 Å². The molecule has 0 radical (unpaired) electrons. The molecule has 1 N–H and O–H groups in total. The van der Waals surface area contributed by atoms with Crippen LogP contribution in [0.3, 0.4) is 0 Å². The van der Waals surface area contributed by atoms with E-state index in [2.05, 4.69) is 0 Å². The highest BCUT2D eigenvalue weighted by Crippen LogP contribution is 2.15. The zero-order chi connectivity index (χ0) is 13.7. The highest BCUT2D eigenvalue weighted by Gasteiger charge is 2.15. The number of hydrogen-bond acceptors (Lipinski definition) is 2. The van der Waals surface area contributed by atoms with Gasteiger partial charge in [-0.25, -0.2) is 13.2 Å². The van der Waals surface area contributed by atoms with Crippen LogP contribution in [0.4, 0.5) is 13.2 Å². The zero-order valence-corrected chi connectivity index (χ0v) is 9.92. The lowest BCUT2D eigenvalue weighted by atomic mass is 10.2. The Morgan fingerprint density at radius 2 is 1.83 bits per heavy atom. The number of rotatable bonds is 6. The molecule has 0 saturated carbocycles. The van der Waals surface area contributed by atoms with Gasteiger partial charge in [-0.1, -0.05) is 6.92 Å². The molecule has 0 atom stereocenters. The van der Waals surface area contributed by atoms with Crippen LogP contribution in [0.25, 0.3) is 0 Å². The van der Waals surface area contributed by atoms with Crippen LogP contribution in [-0.4, -0.2) is 29.1 Å². The van der Waals surface area contributed by atoms with Crippen LogP contribution in [-0.2, 0) is 11.3 Å². The number of halogens is 3. The van der Waals surface area contributed by atoms with Crippen molar-refractivity contribution >= 4 is 5.97 Å². The number of nitrogens with zero attached hydrogens (tertiary/aromatic N) is 1. The minimum absolute atomic E-state index is 0.0522. The molecule has 0 heterocycles. The van der Waals surface area contributed by atoms with E-state index in [1.54, 1.807) is 0 Å². The fraction of sp³-hybridized carbons (Fsp3) is 0.417. The normalized spacial score (nSPS) is 10.9. The standard InChI is InChI=1S/C12H14F3NO2/c1-2-3-16(7-12(17)18)6-8-4-10(14)11(15)5-9(8)13/h4-5H,2-3,6-7H2,1H3,(H,17,18). The minimum Gasteiger partial charge on any atom is -0.480 e. The molecule has 3 nitrogen and oxygen atoms in total. The summed E-state index contributed by atoms with van der Waals surface area (Å²) in [5, 5.41) is 8.69. The monoisotopic (exact) mass is 261 g/mol. The molecule has 0 amide bonds. The highest BCUT2D eigenvalue weighted by molar-refractivity contribution is 5.69. The molecule has 6 heteroatoms. The van der Waals surface area contributed by atoms with Gasteiger partial charge in [0.2, 0.25) is 0 Å². The molecule has 0 aliphatic rings. The van der Waals surface area contributed by atoms with Gasteiger partial charge in [0.05, 0.1) is 6.54 Å². The Labute approximate surface area is 103 Å². The fourth-order valence-electron chi connectivity index (χ4n) is 1.65. The third-order valence-corrected chi connectivity index (χ3v) is 2.38. The quantitative estimate of drug-likeness (QED) is 0.799. The highest BCUT2D eigenvalue weighted by atomic mass is 19.2. The molecule has 1 aromatic carbocycles. The molecule has 18 heavy (non-hydrogen) atoms. The van der Waals surface area contributed by atoms with Crippen LogP contribution in [0.2, 0.25) is 0 Å². The molecule has 0 fully saturated rings. The predicted molar refractivity (Wildman–Crippen MR) is 59.5 cm³/mol. The first-order valence-corrected chi connectivity index (χ1v) is 5.51. The van der Waals surface area contributed by atoms with Crippen LogP contribution in [0.15, 0.2) is 12.1 Å². The first-order chi connectivity index (χ1) is 8.43. The number of carboxylic acids is 1. The van der Waals surface area contributed by atoms with Crippen LogP contribution in [0.5, 0.6) is 0 Å². The summed E-state index contributed by atoms with van der Waals surface area (Å²) in [6.45, 7) is 1.94. The second kappa shape index (κ2) is 6.39. The van der Waals surface area contributed by atoms with E-state index in [4.69, 9.17) is 5.11 Å². The minimum atomic E-state index is -1.25. The lowest BCUT2D eigenvalue weighted by Crippen LogP contribution is -2.30. The van der Waals surface area contributed by atoms with E-state index in [1.807, 2.05) is 6.92 Å². The lowest BCUT2D eigenvalue weighted by Gasteiger charge is -2.19. The first-order valence-electron chi connectivity index (χ1n) is 5.51. The van der Waals surface area contributed by atoms with Crippen molar-refractivity contribution in [2.75, 3.05) is 13.1 Å². The number of aliphatic carboxylic acids is 1. The molecule has 0 aromatic heterocycles. The summed E-state index contributed by atoms with van der Waals surface area (Å²) >= 11 is 0. The van der Waals surface area contributed by atoms with Gasteiger partial charge in [0.25, 0.3) is 0 Å². The van der Waals surface area contributed by atoms with Crippen molar-refractivity contribution in [2.24, 2.45) is 0 Å². The summed E-state index contributed by atoms with van der Waals surface area (Å²) in [5.41, 5.74) is -0.0522. The second-order valence-corrected chi connectivity index (χ2v) is 3.96. The summed E-state index contributed by atoms with van der Waals surface area (Å²) in [4.78, 5) is 12.1. The number of carbonyl (C=O) groups is 1. The van der Waals surface area contributed by atoms with E-state index in [9.17, 15) is 18.0 Å². The fourth-order valence-corrected chi connectivity index (χ4v) is 1.65. The van der Waals surface area contributed by atoms with Gasteiger partial charge in [-0.3, -0.25) is 9.69 Å². The number of carboxylic acid groups (broad SMARTS) is 1. The maximum Gasteiger partial charge on any atom is 0.317 e. The van der Waals surface area contributed by atoms with Crippen molar-refractivity contribution in [3.63, 3.8) is 0 Å². The van der Waals surface area contributed by atoms with Crippen molar-refractivity contribution in [3.8, 4) is 0 Å². The summed E-state index contributed by atoms with van der Waals surface area (Å²) < 4.78 is 39.1. The Hall–Kier alpha value is -1.56. The molecule has 0 aliphatic carbocycles. The van der Waals surface area contributed by atoms with Crippen molar-refractivity contribution in [1.29, 1.82) is 0 Å². The van der Waals surface area contributed by atoms with Gasteiger partial charge in [-0.2, -0.15) is 0 Å². The Morgan fingerprint density at radius 1 is 1.22 bits per heavy atom. The largest absolute Gasteiger partial charge is 0.480 e. The molecule has 1 rings (SSSR count). The van der Waals surface area contributed by atoms with Gasteiger partial charge in [-0.15, -0.1) is 0 Å². The smallest absolute Gasteiger partial charge is 0.317 e. The number of benzene rings is 1. The molecule has 0 aliphatic heterocycles. The number of hydrogen-bond donors (Lipinski definition) is 1. The van der Waals surface area contributed by atoms with Gasteiger partial charge in [0.15, 0.2) is 11.6 Å². The molecule has 100 valence electrons. The Bertz CT molecular complexity index is 438. The van der Waals surface area contributed by atoms with Crippen LogP contribution in [0, 0.1) is 17.5 Å². The van der Waals surface area contributed by atoms with Crippen molar-refractivity contribution in [1.82, 2.24) is 4.90 Å². The molecule has 0 saturated heterocycles. The third-order valence-electron chi connectivity index (χ3n) is 2.38. The van der Waals surface area contributed by atoms with Crippen LogP contribution >= 0.6 is 0 Å². The molecular weight excluding hydrogens is 247 g/mol. The summed E-state index contributed by atoms with van der Waals surface area (Å²) in [5.74, 6) is -4.32. The van der Waals surface area contributed by atoms with E-state index in [0.717, 1.165) is 6.07 Å². The van der Waals surface area contributed by atoms with Crippen LogP contribution in [0.1, 0.15) is 18.9 Å². The van der Waals surface area contributed by atoms with Crippen molar-refractivity contribution in [2.45, 2.75) is 19.9 Å². The van der Waals surface area contributed by atoms with E-state index in [1.165, 1.54) is 4.90 Å². The van der Waals surface area contributed by atoms with E-state index >= 15 is 0 Å². The Balaban J connectivity index is 2.86. The average Bonchev–Trinajstić information content (AvgIpc) is 2.25. The van der Waals surface area contributed by atoms with E-state index < -0.39 is 23.4 Å². The van der Waals surface area contributed by atoms with Gasteiger partial charge < -0.3 is 5.11 Å². The van der Waals surface area contributed by atoms with Gasteiger partial charge >= 0.3 is 5.97 Å². The van der Waals surface area contributed by atoms with Gasteiger partial charge in [0.1, 0.15) is 5.82 Å². The average molecular weight is 261 g/mol. The summed E-state index contributed by atoms with van der Waals surface area (Å²) in [6, 6.07) is 1.23. The van der Waals surface area contributed by atoms with E-state index in [0.29, 0.717) is 19.0 Å². The second-order valence-electron chi connectivity index (χ2n) is 3.96. The predicted octanol–water partition coefficient (Wildman–Crippen LogP) is 2.40. The zero-order valence-electron chi connectivity index (χ0n) is 9.92. The maximum atomic E-state index is 13.4. The molecule has 0 bridgehead atoms. The third kappa shape index (κ3) is 4.03. The van der Waals surface area contributed by atoms with Gasteiger partial charge in [-0.05, 0) is 19.0 Å².